The van der Waals surface area contributed by atoms with Crippen LogP contribution in [0.25, 0.3) is 0 Å². The zero-order chi connectivity index (χ0) is 18.4. The van der Waals surface area contributed by atoms with Crippen LogP contribution in [0.2, 0.25) is 0 Å². The van der Waals surface area contributed by atoms with Crippen LogP contribution in [0.3, 0.4) is 0 Å². The van der Waals surface area contributed by atoms with Gasteiger partial charge < -0.3 is 14.8 Å². The molecule has 0 aromatic heterocycles. The van der Waals surface area contributed by atoms with Gasteiger partial charge in [0.05, 0.1) is 0 Å². The second-order valence-electron chi connectivity index (χ2n) is 5.64. The lowest BCUT2D eigenvalue weighted by Gasteiger charge is -2.15. The van der Waals surface area contributed by atoms with Crippen LogP contribution in [0.15, 0.2) is 78.9 Å². The Labute approximate surface area is 151 Å². The van der Waals surface area contributed by atoms with Gasteiger partial charge in [-0.1, -0.05) is 18.2 Å². The second kappa shape index (κ2) is 8.16. The molecule has 1 atom stereocenters. The average molecular weight is 351 g/mol. The molecule has 132 valence electrons. The summed E-state index contributed by atoms with van der Waals surface area (Å²) in [6, 6.07) is 22.0. The fourth-order valence-electron chi connectivity index (χ4n) is 2.25. The molecule has 3 aromatic rings. The number of hydrogen-bond donors (Lipinski definition) is 1. The third kappa shape index (κ3) is 4.83. The first-order valence-corrected chi connectivity index (χ1v) is 8.16. The number of carbonyl (C=O) groups excluding carboxylic acids is 1. The van der Waals surface area contributed by atoms with E-state index in [0.29, 0.717) is 17.2 Å². The van der Waals surface area contributed by atoms with Crippen molar-refractivity contribution in [3.05, 3.63) is 84.7 Å². The molecule has 0 aliphatic rings. The van der Waals surface area contributed by atoms with Gasteiger partial charge in [-0.25, -0.2) is 4.39 Å². The van der Waals surface area contributed by atoms with Gasteiger partial charge in [0.1, 0.15) is 23.1 Å². The molecular formula is C21H18FNO3. The third-order valence-corrected chi connectivity index (χ3v) is 3.60. The second-order valence-corrected chi connectivity index (χ2v) is 5.64. The van der Waals surface area contributed by atoms with Crippen molar-refractivity contribution in [1.82, 2.24) is 0 Å². The Kier molecular flexibility index (Phi) is 5.49. The Balaban J connectivity index is 1.56. The number of hydrogen-bond acceptors (Lipinski definition) is 3. The molecule has 0 saturated heterocycles. The molecule has 0 saturated carbocycles. The standard InChI is InChI=1S/C21H18FNO3/c1-15(25-19-11-7-16(22)8-12-19)21(24)23-17-9-13-20(14-10-17)26-18-5-3-2-4-6-18/h2-15H,1H3,(H,23,24)/t15-/m1/s1. The van der Waals surface area contributed by atoms with E-state index in [-0.39, 0.29) is 11.7 Å². The number of amides is 1. The topological polar surface area (TPSA) is 47.6 Å². The Morgan fingerprint density at radius 3 is 2.08 bits per heavy atom. The number of halogens is 1. The van der Waals surface area contributed by atoms with Gasteiger partial charge in [-0.3, -0.25) is 4.79 Å². The summed E-state index contributed by atoms with van der Waals surface area (Å²) in [5, 5.41) is 2.77. The summed E-state index contributed by atoms with van der Waals surface area (Å²) in [6.07, 6.45) is -0.722. The number of anilines is 1. The fraction of sp³-hybridized carbons (Fsp3) is 0.0952. The fourth-order valence-corrected chi connectivity index (χ4v) is 2.25. The summed E-state index contributed by atoms with van der Waals surface area (Å²) in [7, 11) is 0. The van der Waals surface area contributed by atoms with Crippen LogP contribution in [0.1, 0.15) is 6.92 Å². The molecular weight excluding hydrogens is 333 g/mol. The molecule has 4 nitrogen and oxygen atoms in total. The number of nitrogens with one attached hydrogen (secondary N) is 1. The van der Waals surface area contributed by atoms with Crippen LogP contribution >= 0.6 is 0 Å². The predicted octanol–water partition coefficient (Wildman–Crippen LogP) is 5.02. The van der Waals surface area contributed by atoms with Crippen molar-refractivity contribution in [2.24, 2.45) is 0 Å². The maximum atomic E-state index is 12.9. The number of ether oxygens (including phenoxy) is 2. The van der Waals surface area contributed by atoms with E-state index in [1.807, 2.05) is 30.3 Å². The number of rotatable bonds is 6. The van der Waals surface area contributed by atoms with E-state index in [1.165, 1.54) is 24.3 Å². The van der Waals surface area contributed by atoms with E-state index in [1.54, 1.807) is 31.2 Å². The quantitative estimate of drug-likeness (QED) is 0.678. The largest absolute Gasteiger partial charge is 0.481 e. The molecule has 3 aromatic carbocycles. The van der Waals surface area contributed by atoms with Gasteiger partial charge >= 0.3 is 0 Å². The molecule has 0 heterocycles. The highest BCUT2D eigenvalue weighted by molar-refractivity contribution is 5.94. The van der Waals surface area contributed by atoms with Gasteiger partial charge in [0.25, 0.3) is 5.91 Å². The molecule has 1 N–H and O–H groups in total. The summed E-state index contributed by atoms with van der Waals surface area (Å²) in [5.74, 6) is 1.19. The van der Waals surface area contributed by atoms with Gasteiger partial charge in [0, 0.05) is 5.69 Å². The van der Waals surface area contributed by atoms with Crippen molar-refractivity contribution in [2.45, 2.75) is 13.0 Å². The SMILES string of the molecule is C[C@@H](Oc1ccc(F)cc1)C(=O)Nc1ccc(Oc2ccccc2)cc1. The number of benzene rings is 3. The van der Waals surface area contributed by atoms with Crippen LogP contribution in [-0.4, -0.2) is 12.0 Å². The lowest BCUT2D eigenvalue weighted by Crippen LogP contribution is -2.30. The highest BCUT2D eigenvalue weighted by Crippen LogP contribution is 2.23. The molecule has 0 aliphatic carbocycles. The van der Waals surface area contributed by atoms with E-state index in [2.05, 4.69) is 5.32 Å². The smallest absolute Gasteiger partial charge is 0.265 e. The van der Waals surface area contributed by atoms with Crippen LogP contribution in [0.5, 0.6) is 17.2 Å². The molecule has 0 radical (unpaired) electrons. The summed E-state index contributed by atoms with van der Waals surface area (Å²) in [6.45, 7) is 1.63. The molecule has 26 heavy (non-hydrogen) atoms. The lowest BCUT2D eigenvalue weighted by molar-refractivity contribution is -0.122. The lowest BCUT2D eigenvalue weighted by atomic mass is 10.2. The minimum Gasteiger partial charge on any atom is -0.481 e. The minimum absolute atomic E-state index is 0.300. The average Bonchev–Trinajstić information content (AvgIpc) is 2.66. The van der Waals surface area contributed by atoms with Gasteiger partial charge in [-0.05, 0) is 67.6 Å². The van der Waals surface area contributed by atoms with Crippen LogP contribution < -0.4 is 14.8 Å². The molecule has 0 bridgehead atoms. The molecule has 0 spiro atoms. The summed E-state index contributed by atoms with van der Waals surface area (Å²) < 4.78 is 24.1. The zero-order valence-electron chi connectivity index (χ0n) is 14.2. The Morgan fingerprint density at radius 1 is 0.846 bits per heavy atom. The van der Waals surface area contributed by atoms with Gasteiger partial charge in [0.2, 0.25) is 0 Å². The highest BCUT2D eigenvalue weighted by Gasteiger charge is 2.15. The minimum atomic E-state index is -0.722. The highest BCUT2D eigenvalue weighted by atomic mass is 19.1. The van der Waals surface area contributed by atoms with Crippen molar-refractivity contribution in [1.29, 1.82) is 0 Å². The Morgan fingerprint density at radius 2 is 1.42 bits per heavy atom. The van der Waals surface area contributed by atoms with E-state index in [0.717, 1.165) is 5.75 Å². The molecule has 0 fully saturated rings. The molecule has 3 rings (SSSR count). The molecule has 1 amide bonds. The van der Waals surface area contributed by atoms with Crippen LogP contribution in [0.4, 0.5) is 10.1 Å². The van der Waals surface area contributed by atoms with Gasteiger partial charge in [0.15, 0.2) is 6.10 Å². The van der Waals surface area contributed by atoms with Gasteiger partial charge in [-0.2, -0.15) is 0 Å². The first-order chi connectivity index (χ1) is 12.6. The van der Waals surface area contributed by atoms with Crippen LogP contribution in [0, 0.1) is 5.82 Å². The van der Waals surface area contributed by atoms with Crippen molar-refractivity contribution in [3.8, 4) is 17.2 Å². The summed E-state index contributed by atoms with van der Waals surface area (Å²) in [4.78, 5) is 12.2. The predicted molar refractivity (Wildman–Crippen MR) is 98.1 cm³/mol. The summed E-state index contributed by atoms with van der Waals surface area (Å²) >= 11 is 0. The number of carbonyl (C=O) groups is 1. The Hall–Kier alpha value is -3.34. The van der Waals surface area contributed by atoms with E-state index >= 15 is 0 Å². The number of para-hydroxylation sites is 1. The van der Waals surface area contributed by atoms with Crippen molar-refractivity contribution >= 4 is 11.6 Å². The maximum absolute atomic E-state index is 12.9. The monoisotopic (exact) mass is 351 g/mol. The van der Waals surface area contributed by atoms with Crippen molar-refractivity contribution < 1.29 is 18.7 Å². The first-order valence-electron chi connectivity index (χ1n) is 8.16. The molecule has 5 heteroatoms. The normalized spacial score (nSPS) is 11.5. The maximum Gasteiger partial charge on any atom is 0.265 e. The third-order valence-electron chi connectivity index (χ3n) is 3.60. The van der Waals surface area contributed by atoms with Crippen molar-refractivity contribution in [2.75, 3.05) is 5.32 Å². The summed E-state index contributed by atoms with van der Waals surface area (Å²) in [5.41, 5.74) is 0.630. The van der Waals surface area contributed by atoms with E-state index in [9.17, 15) is 9.18 Å². The molecule has 0 aliphatic heterocycles. The first kappa shape index (κ1) is 17.5. The molecule has 0 unspecified atom stereocenters. The Bertz CT molecular complexity index is 849. The van der Waals surface area contributed by atoms with Crippen LogP contribution in [-0.2, 0) is 4.79 Å². The van der Waals surface area contributed by atoms with Gasteiger partial charge in [-0.15, -0.1) is 0 Å². The van der Waals surface area contributed by atoms with E-state index in [4.69, 9.17) is 9.47 Å². The van der Waals surface area contributed by atoms with E-state index < -0.39 is 6.10 Å². The zero-order valence-corrected chi connectivity index (χ0v) is 14.2. The van der Waals surface area contributed by atoms with Crippen molar-refractivity contribution in [3.63, 3.8) is 0 Å².